The summed E-state index contributed by atoms with van der Waals surface area (Å²) in [6, 6.07) is 40.4. The molecule has 0 saturated heterocycles. The van der Waals surface area contributed by atoms with Gasteiger partial charge in [0.2, 0.25) is 0 Å². The average Bonchev–Trinajstić information content (AvgIpc) is 3.74. The van der Waals surface area contributed by atoms with Gasteiger partial charge in [0.05, 0.1) is 27.6 Å². The fraction of sp³-hybridized carbons (Fsp3) is 0.140. The Morgan fingerprint density at radius 2 is 1.28 bits per heavy atom. The number of fused-ring (bicyclic) bond motifs is 16. The van der Waals surface area contributed by atoms with Gasteiger partial charge in [-0.25, -0.2) is 0 Å². The summed E-state index contributed by atoms with van der Waals surface area (Å²) in [4.78, 5) is 5.41. The van der Waals surface area contributed by atoms with E-state index >= 15 is 0 Å². The second kappa shape index (κ2) is 8.64. The predicted octanol–water partition coefficient (Wildman–Crippen LogP) is 10.4. The van der Waals surface area contributed by atoms with Crippen LogP contribution in [-0.2, 0) is 0 Å². The Morgan fingerprint density at radius 1 is 0.587 bits per heavy atom. The summed E-state index contributed by atoms with van der Waals surface area (Å²) in [5, 5.41) is 12.1. The second-order valence-electron chi connectivity index (χ2n) is 13.5. The molecule has 218 valence electrons. The van der Waals surface area contributed by atoms with Gasteiger partial charge in [-0.05, 0) is 57.3 Å². The number of aromatic nitrogens is 2. The lowest BCUT2D eigenvalue weighted by molar-refractivity contribution is 0.471. The molecule has 1 aliphatic carbocycles. The number of hydrogen-bond acceptors (Lipinski definition) is 1. The maximum absolute atomic E-state index is 5.41. The number of hydrogen-bond donors (Lipinski definition) is 0. The lowest BCUT2D eigenvalue weighted by Gasteiger charge is -2.30. The molecule has 1 aliphatic heterocycles. The van der Waals surface area contributed by atoms with Crippen LogP contribution in [0.2, 0.25) is 0 Å². The van der Waals surface area contributed by atoms with Crippen LogP contribution < -0.4 is 5.22 Å². The summed E-state index contributed by atoms with van der Waals surface area (Å²) in [7, 11) is 0. The zero-order valence-electron chi connectivity index (χ0n) is 25.8. The van der Waals surface area contributed by atoms with Crippen LogP contribution in [0.3, 0.4) is 0 Å². The molecule has 0 spiro atoms. The summed E-state index contributed by atoms with van der Waals surface area (Å²) < 4.78 is 5.22. The van der Waals surface area contributed by atoms with Gasteiger partial charge < -0.3 is 8.97 Å². The van der Waals surface area contributed by atoms with Crippen molar-refractivity contribution in [3.8, 4) is 0 Å². The summed E-state index contributed by atoms with van der Waals surface area (Å²) in [5.74, 6) is 0.593. The number of rotatable bonds is 1. The highest BCUT2D eigenvalue weighted by Gasteiger charge is 2.34. The molecular weight excluding hydrogens is 558 g/mol. The van der Waals surface area contributed by atoms with Crippen molar-refractivity contribution in [2.75, 3.05) is 0 Å². The molecule has 6 aromatic carbocycles. The van der Waals surface area contributed by atoms with Crippen LogP contribution in [0.1, 0.15) is 55.0 Å². The van der Waals surface area contributed by atoms with Crippen molar-refractivity contribution in [3.63, 3.8) is 0 Å². The first-order chi connectivity index (χ1) is 22.7. The molecule has 0 fully saturated rings. The minimum absolute atomic E-state index is 0.0757. The minimum atomic E-state index is -0.0757. The average molecular weight is 590 g/mol. The summed E-state index contributed by atoms with van der Waals surface area (Å²) >= 11 is 0. The van der Waals surface area contributed by atoms with Crippen molar-refractivity contribution >= 4 is 83.0 Å². The molecule has 3 atom stereocenters. The van der Waals surface area contributed by atoms with E-state index < -0.39 is 0 Å². The van der Waals surface area contributed by atoms with Crippen molar-refractivity contribution in [1.82, 2.24) is 8.97 Å². The highest BCUT2D eigenvalue weighted by Crippen LogP contribution is 2.50. The van der Waals surface area contributed by atoms with E-state index in [4.69, 9.17) is 4.99 Å². The minimum Gasteiger partial charge on any atom is -0.316 e. The maximum atomic E-state index is 5.41. The highest BCUT2D eigenvalue weighted by molar-refractivity contribution is 6.33. The third-order valence-corrected chi connectivity index (χ3v) is 11.2. The molecule has 0 saturated carbocycles. The number of aliphatic imine (C=N–C) groups is 1. The SMILES string of the molecule is CC1CC=c2c3ccccc3n3c2c1c1c2c(c4ccccc4c13)c1ccccc1n2C1N=Cc2ccc3ccccc3c2C1C. The topological polar surface area (TPSA) is 21.7 Å². The molecule has 0 amide bonds. The summed E-state index contributed by atoms with van der Waals surface area (Å²) in [6.07, 6.45) is 5.59. The molecule has 3 aromatic heterocycles. The van der Waals surface area contributed by atoms with Crippen LogP contribution in [0.4, 0.5) is 0 Å². The molecule has 3 nitrogen and oxygen atoms in total. The van der Waals surface area contributed by atoms with Gasteiger partial charge in [0, 0.05) is 44.3 Å². The van der Waals surface area contributed by atoms with Gasteiger partial charge in [0.25, 0.3) is 0 Å². The first kappa shape index (κ1) is 24.9. The fourth-order valence-electron chi connectivity index (χ4n) is 9.34. The first-order valence-electron chi connectivity index (χ1n) is 16.6. The molecule has 0 N–H and O–H groups in total. The van der Waals surface area contributed by atoms with Gasteiger partial charge in [-0.3, -0.25) is 4.99 Å². The van der Waals surface area contributed by atoms with Gasteiger partial charge in [0.15, 0.2) is 0 Å². The molecule has 0 radical (unpaired) electrons. The van der Waals surface area contributed by atoms with Crippen LogP contribution in [-0.4, -0.2) is 15.2 Å². The highest BCUT2D eigenvalue weighted by atomic mass is 15.1. The van der Waals surface area contributed by atoms with Gasteiger partial charge in [-0.2, -0.15) is 0 Å². The number of para-hydroxylation sites is 2. The van der Waals surface area contributed by atoms with Crippen molar-refractivity contribution in [2.24, 2.45) is 4.99 Å². The lowest BCUT2D eigenvalue weighted by atomic mass is 9.86. The monoisotopic (exact) mass is 589 g/mol. The molecular formula is C43H31N3. The molecule has 11 rings (SSSR count). The van der Waals surface area contributed by atoms with E-state index in [1.54, 1.807) is 0 Å². The van der Waals surface area contributed by atoms with Crippen LogP contribution in [0.25, 0.3) is 76.7 Å². The van der Waals surface area contributed by atoms with E-state index in [0.717, 1.165) is 6.42 Å². The van der Waals surface area contributed by atoms with Crippen molar-refractivity contribution < 1.29 is 0 Å². The molecule has 4 heterocycles. The van der Waals surface area contributed by atoms with E-state index in [1.165, 1.54) is 92.6 Å². The van der Waals surface area contributed by atoms with Gasteiger partial charge >= 0.3 is 0 Å². The van der Waals surface area contributed by atoms with E-state index in [0.29, 0.717) is 5.92 Å². The summed E-state index contributed by atoms with van der Waals surface area (Å²) in [6.45, 7) is 4.80. The fourth-order valence-corrected chi connectivity index (χ4v) is 9.34. The Bertz CT molecular complexity index is 2880. The van der Waals surface area contributed by atoms with Crippen molar-refractivity contribution in [1.29, 1.82) is 0 Å². The molecule has 3 unspecified atom stereocenters. The van der Waals surface area contributed by atoms with Crippen molar-refractivity contribution in [2.45, 2.75) is 38.3 Å². The Morgan fingerprint density at radius 3 is 2.13 bits per heavy atom. The zero-order chi connectivity index (χ0) is 30.3. The Kier molecular flexibility index (Phi) is 4.67. The Balaban J connectivity index is 1.38. The molecule has 0 bridgehead atoms. The van der Waals surface area contributed by atoms with E-state index in [-0.39, 0.29) is 12.1 Å². The van der Waals surface area contributed by atoms with Gasteiger partial charge in [0.1, 0.15) is 6.17 Å². The molecule has 9 aromatic rings. The van der Waals surface area contributed by atoms with E-state index in [1.807, 2.05) is 0 Å². The van der Waals surface area contributed by atoms with Gasteiger partial charge in [-0.1, -0.05) is 117 Å². The third kappa shape index (κ3) is 2.88. The van der Waals surface area contributed by atoms with E-state index in [2.05, 4.69) is 144 Å². The number of benzene rings is 6. The molecule has 46 heavy (non-hydrogen) atoms. The molecule has 2 aliphatic rings. The van der Waals surface area contributed by atoms with Crippen molar-refractivity contribution in [3.05, 3.63) is 131 Å². The van der Waals surface area contributed by atoms with Crippen LogP contribution in [0, 0.1) is 0 Å². The van der Waals surface area contributed by atoms with Crippen LogP contribution in [0.5, 0.6) is 0 Å². The van der Waals surface area contributed by atoms with Crippen LogP contribution in [0.15, 0.2) is 114 Å². The van der Waals surface area contributed by atoms with Crippen LogP contribution >= 0.6 is 0 Å². The Labute approximate surface area is 265 Å². The number of nitrogens with zero attached hydrogens (tertiary/aromatic N) is 3. The lowest BCUT2D eigenvalue weighted by Crippen LogP contribution is -2.19. The van der Waals surface area contributed by atoms with Gasteiger partial charge in [-0.15, -0.1) is 0 Å². The smallest absolute Gasteiger partial charge is 0.132 e. The quantitative estimate of drug-likeness (QED) is 0.182. The second-order valence-corrected chi connectivity index (χ2v) is 13.5. The summed E-state index contributed by atoms with van der Waals surface area (Å²) in [5.41, 5.74) is 10.7. The normalized spacial score (nSPS) is 19.3. The first-order valence-corrected chi connectivity index (χ1v) is 16.6. The van der Waals surface area contributed by atoms with E-state index in [9.17, 15) is 0 Å². The largest absolute Gasteiger partial charge is 0.316 e. The maximum Gasteiger partial charge on any atom is 0.132 e. The standard InChI is InChI=1S/C43H31N3/c1-24-19-22-32-29-13-7-9-17-34(29)45-40(32)36(24)39-41(45)31-15-6-5-14-30(31)38-33-16-8-10-18-35(33)46(42(38)39)43-25(2)37-27(23-44-43)21-20-26-11-3-4-12-28(26)37/h3-18,20-25,43H,19H2,1-2H3. The Hall–Kier alpha value is -5.41. The predicted molar refractivity (Wildman–Crippen MR) is 195 cm³/mol. The third-order valence-electron chi connectivity index (χ3n) is 11.2. The zero-order valence-corrected chi connectivity index (χ0v) is 25.8. The molecule has 3 heteroatoms.